The predicted octanol–water partition coefficient (Wildman–Crippen LogP) is 3.81. The first-order chi connectivity index (χ1) is 12.5. The van der Waals surface area contributed by atoms with Gasteiger partial charge in [0.05, 0.1) is 11.1 Å². The first-order valence-corrected chi connectivity index (χ1v) is 8.41. The molecule has 3 aromatic rings. The minimum atomic E-state index is -0.488. The molecule has 0 bridgehead atoms. The Morgan fingerprint density at radius 2 is 1.77 bits per heavy atom. The van der Waals surface area contributed by atoms with Crippen molar-refractivity contribution in [2.24, 2.45) is 5.73 Å². The third-order valence-corrected chi connectivity index (χ3v) is 4.16. The van der Waals surface area contributed by atoms with Gasteiger partial charge in [-0.15, -0.1) is 0 Å². The third kappa shape index (κ3) is 3.72. The maximum absolute atomic E-state index is 12.7. The summed E-state index contributed by atoms with van der Waals surface area (Å²) in [5, 5.41) is 0.769. The lowest BCUT2D eigenvalue weighted by Gasteiger charge is -2.11. The zero-order valence-electron chi connectivity index (χ0n) is 14.7. The highest BCUT2D eigenvalue weighted by Gasteiger charge is 2.15. The number of aromatic nitrogens is 1. The number of ether oxygens (including phenoxy) is 1. The second kappa shape index (κ2) is 7.35. The number of fused-ring (bicyclic) bond motifs is 1. The smallest absolute Gasteiger partial charge is 0.339 e. The summed E-state index contributed by atoms with van der Waals surface area (Å²) < 4.78 is 5.47. The van der Waals surface area contributed by atoms with Crippen molar-refractivity contribution >= 4 is 22.8 Å². The molecule has 0 radical (unpaired) electrons. The van der Waals surface area contributed by atoms with E-state index < -0.39 is 11.9 Å². The molecule has 0 atom stereocenters. The summed E-state index contributed by atoms with van der Waals surface area (Å²) in [7, 11) is 0. The van der Waals surface area contributed by atoms with E-state index in [0.717, 1.165) is 22.2 Å². The summed E-state index contributed by atoms with van der Waals surface area (Å²) >= 11 is 0. The molecule has 2 aromatic carbocycles. The Labute approximate surface area is 151 Å². The molecule has 0 unspecified atom stereocenters. The molecule has 0 aliphatic heterocycles. The summed E-state index contributed by atoms with van der Waals surface area (Å²) in [5.41, 5.74) is 8.56. The number of carbonyl (C=O) groups excluding carboxylic acids is 2. The molecule has 0 saturated heterocycles. The summed E-state index contributed by atoms with van der Waals surface area (Å²) in [6.45, 7) is 4.19. The van der Waals surface area contributed by atoms with Gasteiger partial charge in [0.15, 0.2) is 0 Å². The number of nitrogens with zero attached hydrogens (tertiary/aromatic N) is 1. The lowest BCUT2D eigenvalue weighted by molar-refractivity contribution is 0.0474. The van der Waals surface area contributed by atoms with E-state index in [-0.39, 0.29) is 12.5 Å². The molecule has 0 aliphatic carbocycles. The van der Waals surface area contributed by atoms with Crippen LogP contribution in [0.5, 0.6) is 0 Å². The number of primary amides is 1. The molecule has 26 heavy (non-hydrogen) atoms. The van der Waals surface area contributed by atoms with Crippen LogP contribution in [0, 0.1) is 0 Å². The van der Waals surface area contributed by atoms with Gasteiger partial charge in [-0.1, -0.05) is 44.2 Å². The molecule has 5 heteroatoms. The summed E-state index contributed by atoms with van der Waals surface area (Å²) in [6, 6.07) is 16.0. The van der Waals surface area contributed by atoms with Crippen molar-refractivity contribution in [1.82, 2.24) is 4.98 Å². The highest BCUT2D eigenvalue weighted by molar-refractivity contribution is 6.03. The first-order valence-electron chi connectivity index (χ1n) is 8.41. The van der Waals surface area contributed by atoms with E-state index >= 15 is 0 Å². The Bertz CT molecular complexity index is 963. The van der Waals surface area contributed by atoms with Gasteiger partial charge in [0, 0.05) is 16.6 Å². The van der Waals surface area contributed by atoms with Gasteiger partial charge in [-0.3, -0.25) is 9.78 Å². The highest BCUT2D eigenvalue weighted by Crippen LogP contribution is 2.23. The quantitative estimate of drug-likeness (QED) is 0.711. The molecule has 0 fully saturated rings. The fourth-order valence-corrected chi connectivity index (χ4v) is 2.65. The molecule has 0 saturated carbocycles. The van der Waals surface area contributed by atoms with Gasteiger partial charge in [-0.25, -0.2) is 4.79 Å². The zero-order chi connectivity index (χ0) is 18.7. The van der Waals surface area contributed by atoms with E-state index in [1.54, 1.807) is 30.3 Å². The lowest BCUT2D eigenvalue weighted by atomic mass is 10.0. The van der Waals surface area contributed by atoms with Crippen LogP contribution in [0.4, 0.5) is 0 Å². The first kappa shape index (κ1) is 17.6. The van der Waals surface area contributed by atoms with Crippen molar-refractivity contribution in [3.8, 4) is 0 Å². The molecule has 2 N–H and O–H groups in total. The minimum absolute atomic E-state index is 0.117. The van der Waals surface area contributed by atoms with E-state index in [1.165, 1.54) is 0 Å². The molecule has 1 heterocycles. The molecule has 3 rings (SSSR count). The number of nitrogens with two attached hydrogens (primary N) is 1. The van der Waals surface area contributed by atoms with Crippen LogP contribution in [0.25, 0.3) is 10.9 Å². The fraction of sp³-hybridized carbons (Fsp3) is 0.190. The number of amides is 1. The van der Waals surface area contributed by atoms with Crippen LogP contribution in [-0.2, 0) is 11.3 Å². The standard InChI is InChI=1S/C21H20N2O3/c1-13(2)19-11-17(16-5-3-4-6-18(16)23-19)21(25)26-12-14-7-9-15(10-8-14)20(22)24/h3-11,13H,12H2,1-2H3,(H2,22,24). The van der Waals surface area contributed by atoms with E-state index in [0.29, 0.717) is 11.1 Å². The van der Waals surface area contributed by atoms with E-state index in [4.69, 9.17) is 10.5 Å². The van der Waals surface area contributed by atoms with Crippen LogP contribution < -0.4 is 5.73 Å². The fourth-order valence-electron chi connectivity index (χ4n) is 2.65. The lowest BCUT2D eigenvalue weighted by Crippen LogP contribution is -2.11. The van der Waals surface area contributed by atoms with Crippen LogP contribution in [0.3, 0.4) is 0 Å². The Kier molecular flexibility index (Phi) is 4.98. The largest absolute Gasteiger partial charge is 0.457 e. The van der Waals surface area contributed by atoms with Gasteiger partial charge in [0.1, 0.15) is 6.61 Å². The molecule has 1 aromatic heterocycles. The summed E-state index contributed by atoms with van der Waals surface area (Å²) in [6.07, 6.45) is 0. The average Bonchev–Trinajstić information content (AvgIpc) is 2.65. The Morgan fingerprint density at radius 3 is 2.42 bits per heavy atom. The topological polar surface area (TPSA) is 82.3 Å². The maximum Gasteiger partial charge on any atom is 0.339 e. The summed E-state index contributed by atoms with van der Waals surface area (Å²) in [4.78, 5) is 28.4. The number of pyridine rings is 1. The number of rotatable bonds is 5. The predicted molar refractivity (Wildman–Crippen MR) is 99.9 cm³/mol. The molecule has 5 nitrogen and oxygen atoms in total. The van der Waals surface area contributed by atoms with Crippen molar-refractivity contribution in [2.45, 2.75) is 26.4 Å². The SMILES string of the molecule is CC(C)c1cc(C(=O)OCc2ccc(C(N)=O)cc2)c2ccccc2n1. The minimum Gasteiger partial charge on any atom is -0.457 e. The Hall–Kier alpha value is -3.21. The van der Waals surface area contributed by atoms with Crippen molar-refractivity contribution < 1.29 is 14.3 Å². The van der Waals surface area contributed by atoms with Gasteiger partial charge in [0.2, 0.25) is 5.91 Å². The number of hydrogen-bond donors (Lipinski definition) is 1. The van der Waals surface area contributed by atoms with Crippen molar-refractivity contribution in [2.75, 3.05) is 0 Å². The Morgan fingerprint density at radius 1 is 1.08 bits per heavy atom. The van der Waals surface area contributed by atoms with Gasteiger partial charge < -0.3 is 10.5 Å². The van der Waals surface area contributed by atoms with Crippen molar-refractivity contribution in [1.29, 1.82) is 0 Å². The Balaban J connectivity index is 1.84. The number of esters is 1. The second-order valence-electron chi connectivity index (χ2n) is 6.40. The maximum atomic E-state index is 12.7. The molecular formula is C21H20N2O3. The van der Waals surface area contributed by atoms with Gasteiger partial charge >= 0.3 is 5.97 Å². The van der Waals surface area contributed by atoms with Crippen LogP contribution in [0.15, 0.2) is 54.6 Å². The zero-order valence-corrected chi connectivity index (χ0v) is 14.7. The molecule has 132 valence electrons. The van der Waals surface area contributed by atoms with Crippen LogP contribution in [-0.4, -0.2) is 16.9 Å². The molecular weight excluding hydrogens is 328 g/mol. The van der Waals surface area contributed by atoms with Crippen LogP contribution in [0.2, 0.25) is 0 Å². The normalized spacial score (nSPS) is 10.9. The monoisotopic (exact) mass is 348 g/mol. The van der Waals surface area contributed by atoms with Gasteiger partial charge in [-0.2, -0.15) is 0 Å². The molecule has 0 aliphatic rings. The molecule has 1 amide bonds. The number of benzene rings is 2. The van der Waals surface area contributed by atoms with E-state index in [2.05, 4.69) is 4.98 Å². The third-order valence-electron chi connectivity index (χ3n) is 4.16. The van der Waals surface area contributed by atoms with Crippen LogP contribution >= 0.6 is 0 Å². The summed E-state index contributed by atoms with van der Waals surface area (Å²) in [5.74, 6) is -0.685. The van der Waals surface area contributed by atoms with Crippen molar-refractivity contribution in [3.63, 3.8) is 0 Å². The average molecular weight is 348 g/mol. The van der Waals surface area contributed by atoms with E-state index in [1.807, 2.05) is 38.1 Å². The van der Waals surface area contributed by atoms with E-state index in [9.17, 15) is 9.59 Å². The van der Waals surface area contributed by atoms with Gasteiger partial charge in [-0.05, 0) is 35.7 Å². The molecule has 0 spiro atoms. The number of hydrogen-bond acceptors (Lipinski definition) is 4. The van der Waals surface area contributed by atoms with Gasteiger partial charge in [0.25, 0.3) is 0 Å². The van der Waals surface area contributed by atoms with Crippen molar-refractivity contribution in [3.05, 3.63) is 77.0 Å². The number of para-hydroxylation sites is 1. The highest BCUT2D eigenvalue weighted by atomic mass is 16.5. The second-order valence-corrected chi connectivity index (χ2v) is 6.40. The number of carbonyl (C=O) groups is 2. The van der Waals surface area contributed by atoms with Crippen LogP contribution in [0.1, 0.15) is 51.7 Å².